The minimum atomic E-state index is 0.615. The van der Waals surface area contributed by atoms with Crippen LogP contribution in [0.3, 0.4) is 0 Å². The Morgan fingerprint density at radius 3 is 2.21 bits per heavy atom. The van der Waals surface area contributed by atoms with E-state index in [0.29, 0.717) is 6.61 Å². The lowest BCUT2D eigenvalue weighted by Crippen LogP contribution is -2.11. The standard InChI is InChI=1S/C16H18INO/c1-2-18-11-13-5-9-16(10-6-13)19-12-14-3-7-15(17)8-4-14/h3-10,18H,2,11-12H2,1H3. The van der Waals surface area contributed by atoms with Gasteiger partial charge in [0.15, 0.2) is 0 Å². The third kappa shape index (κ3) is 4.84. The zero-order valence-electron chi connectivity index (χ0n) is 11.0. The van der Waals surface area contributed by atoms with Crippen molar-refractivity contribution in [3.05, 3.63) is 63.2 Å². The molecular weight excluding hydrogens is 349 g/mol. The van der Waals surface area contributed by atoms with Gasteiger partial charge in [0.05, 0.1) is 0 Å². The van der Waals surface area contributed by atoms with E-state index in [4.69, 9.17) is 4.74 Å². The molecule has 3 heteroatoms. The van der Waals surface area contributed by atoms with Crippen LogP contribution in [-0.2, 0) is 13.2 Å². The Balaban J connectivity index is 1.87. The summed E-state index contributed by atoms with van der Waals surface area (Å²) >= 11 is 2.30. The molecule has 0 atom stereocenters. The van der Waals surface area contributed by atoms with Crippen molar-refractivity contribution < 1.29 is 4.74 Å². The van der Waals surface area contributed by atoms with Crippen LogP contribution in [0.1, 0.15) is 18.1 Å². The van der Waals surface area contributed by atoms with Gasteiger partial charge in [0, 0.05) is 10.1 Å². The fourth-order valence-electron chi connectivity index (χ4n) is 1.72. The number of halogens is 1. The molecular formula is C16H18INO. The second kappa shape index (κ2) is 7.50. The number of ether oxygens (including phenoxy) is 1. The van der Waals surface area contributed by atoms with Gasteiger partial charge in [-0.05, 0) is 64.5 Å². The summed E-state index contributed by atoms with van der Waals surface area (Å²) in [6, 6.07) is 16.6. The van der Waals surface area contributed by atoms with Crippen LogP contribution in [0.25, 0.3) is 0 Å². The minimum Gasteiger partial charge on any atom is -0.489 e. The van der Waals surface area contributed by atoms with Gasteiger partial charge in [-0.2, -0.15) is 0 Å². The van der Waals surface area contributed by atoms with E-state index in [9.17, 15) is 0 Å². The first-order chi connectivity index (χ1) is 9.28. The van der Waals surface area contributed by atoms with Gasteiger partial charge in [-0.1, -0.05) is 31.2 Å². The first-order valence-corrected chi connectivity index (χ1v) is 7.52. The van der Waals surface area contributed by atoms with E-state index in [1.807, 2.05) is 12.1 Å². The summed E-state index contributed by atoms with van der Waals surface area (Å²) in [5, 5.41) is 3.31. The molecule has 0 fully saturated rings. The molecule has 0 aromatic heterocycles. The quantitative estimate of drug-likeness (QED) is 0.780. The molecule has 0 saturated heterocycles. The van der Waals surface area contributed by atoms with E-state index in [1.165, 1.54) is 14.7 Å². The van der Waals surface area contributed by atoms with E-state index in [-0.39, 0.29) is 0 Å². The molecule has 2 rings (SSSR count). The molecule has 2 aromatic carbocycles. The Morgan fingerprint density at radius 2 is 1.58 bits per heavy atom. The van der Waals surface area contributed by atoms with Gasteiger partial charge < -0.3 is 10.1 Å². The monoisotopic (exact) mass is 367 g/mol. The summed E-state index contributed by atoms with van der Waals surface area (Å²) in [4.78, 5) is 0. The van der Waals surface area contributed by atoms with Crippen molar-refractivity contribution in [2.45, 2.75) is 20.1 Å². The largest absolute Gasteiger partial charge is 0.489 e. The lowest BCUT2D eigenvalue weighted by atomic mass is 10.2. The van der Waals surface area contributed by atoms with Crippen LogP contribution in [0, 0.1) is 3.57 Å². The third-order valence-corrected chi connectivity index (χ3v) is 3.54. The third-order valence-electron chi connectivity index (χ3n) is 2.82. The number of benzene rings is 2. The van der Waals surface area contributed by atoms with Crippen molar-refractivity contribution in [2.24, 2.45) is 0 Å². The van der Waals surface area contributed by atoms with E-state index < -0.39 is 0 Å². The SMILES string of the molecule is CCNCc1ccc(OCc2ccc(I)cc2)cc1. The van der Waals surface area contributed by atoms with E-state index >= 15 is 0 Å². The van der Waals surface area contributed by atoms with E-state index in [0.717, 1.165) is 18.8 Å². The minimum absolute atomic E-state index is 0.615. The van der Waals surface area contributed by atoms with Crippen molar-refractivity contribution in [3.8, 4) is 5.75 Å². The van der Waals surface area contributed by atoms with Gasteiger partial charge in [0.25, 0.3) is 0 Å². The summed E-state index contributed by atoms with van der Waals surface area (Å²) in [6.07, 6.45) is 0. The van der Waals surface area contributed by atoms with Gasteiger partial charge in [-0.25, -0.2) is 0 Å². The summed E-state index contributed by atoms with van der Waals surface area (Å²) in [6.45, 7) is 4.63. The van der Waals surface area contributed by atoms with Gasteiger partial charge in [-0.15, -0.1) is 0 Å². The highest BCUT2D eigenvalue weighted by Crippen LogP contribution is 2.15. The maximum atomic E-state index is 5.77. The zero-order valence-corrected chi connectivity index (χ0v) is 13.2. The van der Waals surface area contributed by atoms with Gasteiger partial charge in [0.1, 0.15) is 12.4 Å². The summed E-state index contributed by atoms with van der Waals surface area (Å²) in [5.74, 6) is 0.916. The lowest BCUT2D eigenvalue weighted by molar-refractivity contribution is 0.306. The van der Waals surface area contributed by atoms with Crippen LogP contribution >= 0.6 is 22.6 Å². The lowest BCUT2D eigenvalue weighted by Gasteiger charge is -2.08. The van der Waals surface area contributed by atoms with Gasteiger partial charge in [-0.3, -0.25) is 0 Å². The molecule has 0 amide bonds. The number of rotatable bonds is 6. The molecule has 1 N–H and O–H groups in total. The fraction of sp³-hybridized carbons (Fsp3) is 0.250. The fourth-order valence-corrected chi connectivity index (χ4v) is 2.08. The molecule has 0 unspecified atom stereocenters. The predicted molar refractivity (Wildman–Crippen MR) is 87.3 cm³/mol. The average molecular weight is 367 g/mol. The predicted octanol–water partition coefficient (Wildman–Crippen LogP) is 3.98. The average Bonchev–Trinajstić information content (AvgIpc) is 2.46. The van der Waals surface area contributed by atoms with Crippen molar-refractivity contribution in [3.63, 3.8) is 0 Å². The Bertz CT molecular complexity index is 493. The van der Waals surface area contributed by atoms with Crippen molar-refractivity contribution in [1.82, 2.24) is 5.32 Å². The highest BCUT2D eigenvalue weighted by molar-refractivity contribution is 14.1. The van der Waals surface area contributed by atoms with Crippen LogP contribution in [0.2, 0.25) is 0 Å². The number of nitrogens with one attached hydrogen (secondary N) is 1. The van der Waals surface area contributed by atoms with Crippen molar-refractivity contribution in [2.75, 3.05) is 6.54 Å². The van der Waals surface area contributed by atoms with Crippen molar-refractivity contribution in [1.29, 1.82) is 0 Å². The van der Waals surface area contributed by atoms with Gasteiger partial charge >= 0.3 is 0 Å². The van der Waals surface area contributed by atoms with Crippen molar-refractivity contribution >= 4 is 22.6 Å². The van der Waals surface area contributed by atoms with Crippen LogP contribution in [0.15, 0.2) is 48.5 Å². The molecule has 100 valence electrons. The van der Waals surface area contributed by atoms with Gasteiger partial charge in [0.2, 0.25) is 0 Å². The Labute approximate surface area is 128 Å². The summed E-state index contributed by atoms with van der Waals surface area (Å²) in [7, 11) is 0. The second-order valence-corrected chi connectivity index (χ2v) is 5.59. The Morgan fingerprint density at radius 1 is 0.947 bits per heavy atom. The number of hydrogen-bond acceptors (Lipinski definition) is 2. The Kier molecular flexibility index (Phi) is 5.66. The molecule has 0 aliphatic carbocycles. The molecule has 19 heavy (non-hydrogen) atoms. The topological polar surface area (TPSA) is 21.3 Å². The summed E-state index contributed by atoms with van der Waals surface area (Å²) < 4.78 is 7.01. The van der Waals surface area contributed by atoms with Crippen LogP contribution in [-0.4, -0.2) is 6.54 Å². The van der Waals surface area contributed by atoms with E-state index in [1.54, 1.807) is 0 Å². The maximum Gasteiger partial charge on any atom is 0.119 e. The highest BCUT2D eigenvalue weighted by atomic mass is 127. The molecule has 0 spiro atoms. The molecule has 0 saturated carbocycles. The molecule has 0 radical (unpaired) electrons. The van der Waals surface area contributed by atoms with E-state index in [2.05, 4.69) is 71.2 Å². The first-order valence-electron chi connectivity index (χ1n) is 6.45. The molecule has 0 aliphatic rings. The first kappa shape index (κ1) is 14.3. The highest BCUT2D eigenvalue weighted by Gasteiger charge is 1.97. The van der Waals surface area contributed by atoms with Crippen LogP contribution in [0.5, 0.6) is 5.75 Å². The maximum absolute atomic E-state index is 5.77. The number of hydrogen-bond donors (Lipinski definition) is 1. The molecule has 2 aromatic rings. The normalized spacial score (nSPS) is 10.4. The molecule has 2 nitrogen and oxygen atoms in total. The smallest absolute Gasteiger partial charge is 0.119 e. The molecule has 0 aliphatic heterocycles. The second-order valence-electron chi connectivity index (χ2n) is 4.34. The van der Waals surface area contributed by atoms with Crippen LogP contribution in [0.4, 0.5) is 0 Å². The molecule has 0 bridgehead atoms. The zero-order chi connectivity index (χ0) is 13.5. The molecule has 0 heterocycles. The Hall–Kier alpha value is -1.07. The summed E-state index contributed by atoms with van der Waals surface area (Å²) in [5.41, 5.74) is 2.47. The van der Waals surface area contributed by atoms with Crippen LogP contribution < -0.4 is 10.1 Å².